The molecule has 0 unspecified atom stereocenters. The molecule has 1 N–H and O–H groups in total. The molecule has 0 amide bonds. The van der Waals surface area contributed by atoms with Crippen molar-refractivity contribution < 1.29 is 28.6 Å². The summed E-state index contributed by atoms with van der Waals surface area (Å²) in [6, 6.07) is 15.7. The van der Waals surface area contributed by atoms with Gasteiger partial charge in [-0.05, 0) is 37.1 Å². The van der Waals surface area contributed by atoms with Crippen molar-refractivity contribution in [1.82, 2.24) is 5.32 Å². The van der Waals surface area contributed by atoms with E-state index in [4.69, 9.17) is 14.2 Å². The number of benzene rings is 2. The number of nitrogens with one attached hydrogen (secondary N) is 1. The minimum Gasteiger partial charge on any atom is -0.461 e. The van der Waals surface area contributed by atoms with Crippen LogP contribution in [0.15, 0.2) is 54.6 Å². The molecule has 31 heavy (non-hydrogen) atoms. The van der Waals surface area contributed by atoms with Gasteiger partial charge < -0.3 is 19.5 Å². The number of esters is 3. The highest BCUT2D eigenvalue weighted by atomic mass is 16.6. The van der Waals surface area contributed by atoms with Gasteiger partial charge in [0.2, 0.25) is 0 Å². The zero-order chi connectivity index (χ0) is 21.8. The summed E-state index contributed by atoms with van der Waals surface area (Å²) >= 11 is 0. The maximum absolute atomic E-state index is 12.7. The van der Waals surface area contributed by atoms with Gasteiger partial charge >= 0.3 is 17.9 Å². The van der Waals surface area contributed by atoms with Gasteiger partial charge in [-0.15, -0.1) is 0 Å². The first-order chi connectivity index (χ1) is 15.0. The predicted octanol–water partition coefficient (Wildman–Crippen LogP) is 3.13. The van der Waals surface area contributed by atoms with Gasteiger partial charge in [-0.25, -0.2) is 9.59 Å². The lowest BCUT2D eigenvalue weighted by Crippen LogP contribution is -2.51. The quantitative estimate of drug-likeness (QED) is 0.564. The molecule has 2 aromatic rings. The second-order valence-corrected chi connectivity index (χ2v) is 7.95. The summed E-state index contributed by atoms with van der Waals surface area (Å²) in [7, 11) is 0. The van der Waals surface area contributed by atoms with Crippen LogP contribution in [0.5, 0.6) is 5.75 Å². The molecule has 4 rings (SSSR count). The van der Waals surface area contributed by atoms with Crippen LogP contribution in [0.3, 0.4) is 0 Å². The Morgan fingerprint density at radius 2 is 1.71 bits per heavy atom. The first-order valence-corrected chi connectivity index (χ1v) is 10.5. The summed E-state index contributed by atoms with van der Waals surface area (Å²) in [6.07, 6.45) is 2.28. The SMILES string of the molecule is CC(=O)Oc1ccccc1C(=O)OC[C@H]1[C@@H](OC(=O)c2ccccc2)C[C@@H]2CC[C@H]1N2. The summed E-state index contributed by atoms with van der Waals surface area (Å²) < 4.78 is 16.6. The van der Waals surface area contributed by atoms with Crippen LogP contribution in [0.1, 0.15) is 46.9 Å². The van der Waals surface area contributed by atoms with E-state index in [-0.39, 0.29) is 42.0 Å². The summed E-state index contributed by atoms with van der Waals surface area (Å²) in [5, 5.41) is 3.53. The average Bonchev–Trinajstić information content (AvgIpc) is 3.16. The normalized spacial score (nSPS) is 24.3. The van der Waals surface area contributed by atoms with Crippen LogP contribution in [0.4, 0.5) is 0 Å². The van der Waals surface area contributed by atoms with Crippen LogP contribution in [-0.4, -0.2) is 42.7 Å². The van der Waals surface area contributed by atoms with Crippen LogP contribution in [0.2, 0.25) is 0 Å². The van der Waals surface area contributed by atoms with Gasteiger partial charge in [0.15, 0.2) is 0 Å². The van der Waals surface area contributed by atoms with Crippen LogP contribution in [-0.2, 0) is 14.3 Å². The predicted molar refractivity (Wildman–Crippen MR) is 112 cm³/mol. The Morgan fingerprint density at radius 1 is 0.968 bits per heavy atom. The molecule has 0 aromatic heterocycles. The van der Waals surface area contributed by atoms with Gasteiger partial charge in [-0.2, -0.15) is 0 Å². The minimum atomic E-state index is -0.579. The molecule has 0 radical (unpaired) electrons. The van der Waals surface area contributed by atoms with E-state index in [0.717, 1.165) is 12.8 Å². The number of carbonyl (C=O) groups is 3. The van der Waals surface area contributed by atoms with Gasteiger partial charge in [0.1, 0.15) is 17.4 Å². The number of hydrogen-bond donors (Lipinski definition) is 1. The topological polar surface area (TPSA) is 90.9 Å². The molecule has 2 aliphatic rings. The zero-order valence-corrected chi connectivity index (χ0v) is 17.3. The highest BCUT2D eigenvalue weighted by molar-refractivity contribution is 5.93. The molecule has 2 aliphatic heterocycles. The second kappa shape index (κ2) is 9.31. The summed E-state index contributed by atoms with van der Waals surface area (Å²) in [6.45, 7) is 1.38. The monoisotopic (exact) mass is 423 g/mol. The van der Waals surface area contributed by atoms with Gasteiger partial charge in [0, 0.05) is 31.3 Å². The van der Waals surface area contributed by atoms with Crippen LogP contribution in [0.25, 0.3) is 0 Å². The standard InChI is InChI=1S/C24H25NO6/c1-15(26)30-21-10-6-5-9-18(21)24(28)29-14-19-20-12-11-17(25-20)13-22(19)31-23(27)16-7-3-2-4-8-16/h2-10,17,19-20,22,25H,11-14H2,1H3/t17-,19+,20+,22-/m0/s1. The molecule has 7 nitrogen and oxygen atoms in total. The summed E-state index contributed by atoms with van der Waals surface area (Å²) in [4.78, 5) is 36.6. The molecule has 0 aliphatic carbocycles. The first kappa shape index (κ1) is 21.1. The van der Waals surface area contributed by atoms with Crippen LogP contribution in [0, 0.1) is 5.92 Å². The fourth-order valence-electron chi connectivity index (χ4n) is 4.36. The van der Waals surface area contributed by atoms with E-state index in [9.17, 15) is 14.4 Å². The van der Waals surface area contributed by atoms with E-state index in [1.165, 1.54) is 6.92 Å². The third-order valence-electron chi connectivity index (χ3n) is 5.82. The molecule has 2 fully saturated rings. The van der Waals surface area contributed by atoms with Crippen molar-refractivity contribution in [2.45, 2.75) is 44.4 Å². The smallest absolute Gasteiger partial charge is 0.341 e. The van der Waals surface area contributed by atoms with Crippen LogP contribution >= 0.6 is 0 Å². The fraction of sp³-hybridized carbons (Fsp3) is 0.375. The first-order valence-electron chi connectivity index (χ1n) is 10.5. The Kier molecular flexibility index (Phi) is 6.32. The number of carbonyl (C=O) groups excluding carboxylic acids is 3. The Hall–Kier alpha value is -3.19. The third-order valence-corrected chi connectivity index (χ3v) is 5.82. The molecule has 2 bridgehead atoms. The maximum atomic E-state index is 12.7. The third kappa shape index (κ3) is 4.94. The highest BCUT2D eigenvalue weighted by Gasteiger charge is 2.44. The van der Waals surface area contributed by atoms with E-state index in [0.29, 0.717) is 18.0 Å². The van der Waals surface area contributed by atoms with Crippen molar-refractivity contribution in [2.75, 3.05) is 6.61 Å². The summed E-state index contributed by atoms with van der Waals surface area (Å²) in [5.41, 5.74) is 0.683. The van der Waals surface area contributed by atoms with Gasteiger partial charge in [-0.3, -0.25) is 4.79 Å². The average molecular weight is 423 g/mol. The van der Waals surface area contributed by atoms with Crippen molar-refractivity contribution in [3.63, 3.8) is 0 Å². The zero-order valence-electron chi connectivity index (χ0n) is 17.3. The van der Waals surface area contributed by atoms with Crippen LogP contribution < -0.4 is 10.1 Å². The molecular formula is C24H25NO6. The van der Waals surface area contributed by atoms with E-state index in [1.54, 1.807) is 48.5 Å². The molecule has 2 saturated heterocycles. The highest BCUT2D eigenvalue weighted by Crippen LogP contribution is 2.34. The van der Waals surface area contributed by atoms with E-state index in [1.807, 2.05) is 6.07 Å². The van der Waals surface area contributed by atoms with Crippen molar-refractivity contribution in [2.24, 2.45) is 5.92 Å². The second-order valence-electron chi connectivity index (χ2n) is 7.95. The van der Waals surface area contributed by atoms with E-state index < -0.39 is 11.9 Å². The van der Waals surface area contributed by atoms with Crippen molar-refractivity contribution in [3.8, 4) is 5.75 Å². The number of rotatable bonds is 6. The van der Waals surface area contributed by atoms with Gasteiger partial charge in [0.05, 0.1) is 12.2 Å². The Morgan fingerprint density at radius 3 is 2.48 bits per heavy atom. The number of fused-ring (bicyclic) bond motifs is 2. The molecule has 162 valence electrons. The minimum absolute atomic E-state index is 0.102. The number of piperidine rings is 1. The molecule has 0 spiro atoms. The largest absolute Gasteiger partial charge is 0.461 e. The number of ether oxygens (including phenoxy) is 3. The lowest BCUT2D eigenvalue weighted by Gasteiger charge is -2.36. The molecule has 2 heterocycles. The van der Waals surface area contributed by atoms with Crippen molar-refractivity contribution in [3.05, 3.63) is 65.7 Å². The molecule has 7 heteroatoms. The van der Waals surface area contributed by atoms with Crippen molar-refractivity contribution in [1.29, 1.82) is 0 Å². The molecular weight excluding hydrogens is 398 g/mol. The molecule has 0 saturated carbocycles. The Balaban J connectivity index is 1.45. The lowest BCUT2D eigenvalue weighted by molar-refractivity contribution is -0.131. The molecule has 4 atom stereocenters. The fourth-order valence-corrected chi connectivity index (χ4v) is 4.36. The van der Waals surface area contributed by atoms with Gasteiger partial charge in [0.25, 0.3) is 0 Å². The van der Waals surface area contributed by atoms with Crippen molar-refractivity contribution >= 4 is 17.9 Å². The number of para-hydroxylation sites is 1. The maximum Gasteiger partial charge on any atom is 0.341 e. The Labute approximate surface area is 180 Å². The van der Waals surface area contributed by atoms with Gasteiger partial charge in [-0.1, -0.05) is 30.3 Å². The Bertz CT molecular complexity index is 960. The summed E-state index contributed by atoms with van der Waals surface area (Å²) in [5.74, 6) is -1.46. The molecule has 2 aromatic carbocycles. The number of hydrogen-bond acceptors (Lipinski definition) is 7. The lowest BCUT2D eigenvalue weighted by atomic mass is 9.89. The van der Waals surface area contributed by atoms with E-state index in [2.05, 4.69) is 5.32 Å². The van der Waals surface area contributed by atoms with E-state index >= 15 is 0 Å².